The van der Waals surface area contributed by atoms with Crippen LogP contribution < -0.4 is 5.32 Å². The highest BCUT2D eigenvalue weighted by Gasteiger charge is 2.23. The van der Waals surface area contributed by atoms with Gasteiger partial charge in [0.25, 0.3) is 0 Å². The van der Waals surface area contributed by atoms with Crippen molar-refractivity contribution >= 4 is 11.8 Å². The van der Waals surface area contributed by atoms with E-state index in [0.29, 0.717) is 19.5 Å². The third-order valence-electron chi connectivity index (χ3n) is 4.74. The number of nitrogens with one attached hydrogen (secondary N) is 1. The molecule has 1 N–H and O–H groups in total. The monoisotopic (exact) mass is 336 g/mol. The number of rotatable bonds is 6. The molecular formula is C21H24N2O2. The predicted molar refractivity (Wildman–Crippen MR) is 97.8 cm³/mol. The molecule has 0 heterocycles. The summed E-state index contributed by atoms with van der Waals surface area (Å²) in [5.41, 5.74) is 3.62. The Morgan fingerprint density at radius 2 is 1.80 bits per heavy atom. The second-order valence-corrected chi connectivity index (χ2v) is 6.53. The minimum Gasteiger partial charge on any atom is -0.349 e. The molecule has 1 aliphatic rings. The molecule has 2 amide bonds. The molecule has 2 aromatic carbocycles. The molecule has 1 aliphatic carbocycles. The average molecular weight is 336 g/mol. The molecule has 25 heavy (non-hydrogen) atoms. The number of amides is 2. The summed E-state index contributed by atoms with van der Waals surface area (Å²) in [6, 6.07) is 18.2. The summed E-state index contributed by atoms with van der Waals surface area (Å²) in [5, 5.41) is 3.12. The summed E-state index contributed by atoms with van der Waals surface area (Å²) in [7, 11) is 0. The zero-order chi connectivity index (χ0) is 17.6. The van der Waals surface area contributed by atoms with E-state index in [9.17, 15) is 9.59 Å². The Hall–Kier alpha value is -2.62. The summed E-state index contributed by atoms with van der Waals surface area (Å²) < 4.78 is 0. The third-order valence-corrected chi connectivity index (χ3v) is 4.74. The van der Waals surface area contributed by atoms with Crippen molar-refractivity contribution < 1.29 is 9.59 Å². The highest BCUT2D eigenvalue weighted by atomic mass is 16.2. The van der Waals surface area contributed by atoms with Gasteiger partial charge < -0.3 is 10.2 Å². The molecule has 0 aromatic heterocycles. The van der Waals surface area contributed by atoms with Gasteiger partial charge in [0, 0.05) is 26.4 Å². The lowest BCUT2D eigenvalue weighted by Gasteiger charge is -2.22. The molecule has 0 fully saturated rings. The fourth-order valence-corrected chi connectivity index (χ4v) is 3.36. The van der Waals surface area contributed by atoms with Crippen molar-refractivity contribution in [2.24, 2.45) is 0 Å². The number of fused-ring (bicyclic) bond motifs is 1. The first kappa shape index (κ1) is 17.2. The summed E-state index contributed by atoms with van der Waals surface area (Å²) >= 11 is 0. The van der Waals surface area contributed by atoms with E-state index in [1.807, 2.05) is 42.5 Å². The van der Waals surface area contributed by atoms with Gasteiger partial charge in [-0.15, -0.1) is 0 Å². The Morgan fingerprint density at radius 1 is 1.08 bits per heavy atom. The van der Waals surface area contributed by atoms with E-state index < -0.39 is 0 Å². The van der Waals surface area contributed by atoms with Gasteiger partial charge in [0.05, 0.1) is 6.04 Å². The van der Waals surface area contributed by atoms with Gasteiger partial charge in [-0.3, -0.25) is 9.59 Å². The summed E-state index contributed by atoms with van der Waals surface area (Å²) in [5.74, 6) is -0.0103. The Bertz CT molecular complexity index is 743. The maximum Gasteiger partial charge on any atom is 0.222 e. The molecule has 0 spiro atoms. The van der Waals surface area contributed by atoms with Crippen molar-refractivity contribution in [2.45, 2.75) is 38.8 Å². The Balaban J connectivity index is 1.53. The van der Waals surface area contributed by atoms with Crippen LogP contribution in [-0.4, -0.2) is 23.3 Å². The first-order valence-corrected chi connectivity index (χ1v) is 8.80. The normalized spacial score (nSPS) is 15.5. The molecule has 0 bridgehead atoms. The predicted octanol–water partition coefficient (Wildman–Crippen LogP) is 3.23. The molecule has 3 rings (SSSR count). The first-order valence-electron chi connectivity index (χ1n) is 8.80. The lowest BCUT2D eigenvalue weighted by molar-refractivity contribution is -0.130. The molecule has 4 nitrogen and oxygen atoms in total. The van der Waals surface area contributed by atoms with Crippen molar-refractivity contribution in [2.75, 3.05) is 6.54 Å². The molecule has 1 atom stereocenters. The van der Waals surface area contributed by atoms with Gasteiger partial charge in [0.2, 0.25) is 11.8 Å². The number of nitrogens with zero attached hydrogens (tertiary/aromatic N) is 1. The zero-order valence-corrected chi connectivity index (χ0v) is 14.6. The van der Waals surface area contributed by atoms with E-state index in [0.717, 1.165) is 18.4 Å². The summed E-state index contributed by atoms with van der Waals surface area (Å²) in [6.07, 6.45) is 2.28. The quantitative estimate of drug-likeness (QED) is 0.880. The third kappa shape index (κ3) is 4.47. The van der Waals surface area contributed by atoms with E-state index in [-0.39, 0.29) is 17.9 Å². The molecule has 1 unspecified atom stereocenters. The van der Waals surface area contributed by atoms with Crippen LogP contribution in [0.5, 0.6) is 0 Å². The van der Waals surface area contributed by atoms with Gasteiger partial charge in [-0.1, -0.05) is 54.6 Å². The van der Waals surface area contributed by atoms with Crippen LogP contribution in [0.1, 0.15) is 42.5 Å². The molecule has 2 aromatic rings. The Morgan fingerprint density at radius 3 is 2.56 bits per heavy atom. The van der Waals surface area contributed by atoms with Crippen LogP contribution in [-0.2, 0) is 22.6 Å². The van der Waals surface area contributed by atoms with Crippen molar-refractivity contribution in [1.29, 1.82) is 0 Å². The van der Waals surface area contributed by atoms with Gasteiger partial charge in [-0.2, -0.15) is 0 Å². The largest absolute Gasteiger partial charge is 0.349 e. The van der Waals surface area contributed by atoms with Gasteiger partial charge in [0.1, 0.15) is 0 Å². The van der Waals surface area contributed by atoms with Gasteiger partial charge >= 0.3 is 0 Å². The second-order valence-electron chi connectivity index (χ2n) is 6.53. The van der Waals surface area contributed by atoms with Crippen LogP contribution in [0.3, 0.4) is 0 Å². The zero-order valence-electron chi connectivity index (χ0n) is 14.6. The second kappa shape index (κ2) is 7.97. The molecule has 0 aliphatic heterocycles. The molecule has 0 radical (unpaired) electrons. The SMILES string of the molecule is CC(=O)N(CCC(=O)NC1CCc2ccccc21)Cc1ccccc1. The number of benzene rings is 2. The maximum atomic E-state index is 12.3. The number of hydrogen-bond donors (Lipinski definition) is 1. The lowest BCUT2D eigenvalue weighted by Crippen LogP contribution is -2.34. The van der Waals surface area contributed by atoms with E-state index in [2.05, 4.69) is 17.4 Å². The van der Waals surface area contributed by atoms with E-state index in [1.165, 1.54) is 11.1 Å². The summed E-state index contributed by atoms with van der Waals surface area (Å²) in [4.78, 5) is 25.9. The average Bonchev–Trinajstić information content (AvgIpc) is 3.02. The lowest BCUT2D eigenvalue weighted by atomic mass is 10.1. The Kier molecular flexibility index (Phi) is 5.49. The molecule has 4 heteroatoms. The number of carbonyl (C=O) groups excluding carboxylic acids is 2. The molecule has 0 saturated carbocycles. The van der Waals surface area contributed by atoms with Crippen LogP contribution in [0.15, 0.2) is 54.6 Å². The number of aryl methyl sites for hydroxylation is 1. The van der Waals surface area contributed by atoms with E-state index in [1.54, 1.807) is 11.8 Å². The van der Waals surface area contributed by atoms with E-state index >= 15 is 0 Å². The fourth-order valence-electron chi connectivity index (χ4n) is 3.36. The van der Waals surface area contributed by atoms with Gasteiger partial charge in [-0.25, -0.2) is 0 Å². The van der Waals surface area contributed by atoms with Gasteiger partial charge in [-0.05, 0) is 29.5 Å². The van der Waals surface area contributed by atoms with Crippen LogP contribution in [0.25, 0.3) is 0 Å². The van der Waals surface area contributed by atoms with Crippen molar-refractivity contribution in [3.05, 3.63) is 71.3 Å². The number of hydrogen-bond acceptors (Lipinski definition) is 2. The minimum absolute atomic E-state index is 0.000940. The van der Waals surface area contributed by atoms with Crippen LogP contribution in [0.2, 0.25) is 0 Å². The maximum absolute atomic E-state index is 12.3. The van der Waals surface area contributed by atoms with Crippen molar-refractivity contribution in [1.82, 2.24) is 10.2 Å². The Labute approximate surface area is 148 Å². The van der Waals surface area contributed by atoms with Crippen molar-refractivity contribution in [3.8, 4) is 0 Å². The molecular weight excluding hydrogens is 312 g/mol. The van der Waals surface area contributed by atoms with Crippen LogP contribution in [0, 0.1) is 0 Å². The highest BCUT2D eigenvalue weighted by molar-refractivity contribution is 5.78. The first-order chi connectivity index (χ1) is 12.1. The highest BCUT2D eigenvalue weighted by Crippen LogP contribution is 2.30. The molecule has 130 valence electrons. The standard InChI is InChI=1S/C21H24N2O2/c1-16(24)23(15-17-7-3-2-4-8-17)14-13-21(25)22-20-12-11-18-9-5-6-10-19(18)20/h2-10,20H,11-15H2,1H3,(H,22,25). The topological polar surface area (TPSA) is 49.4 Å². The fraction of sp³-hybridized carbons (Fsp3) is 0.333. The van der Waals surface area contributed by atoms with Crippen LogP contribution in [0.4, 0.5) is 0 Å². The van der Waals surface area contributed by atoms with E-state index in [4.69, 9.17) is 0 Å². The van der Waals surface area contributed by atoms with Gasteiger partial charge in [0.15, 0.2) is 0 Å². The molecule has 0 saturated heterocycles. The smallest absolute Gasteiger partial charge is 0.222 e. The van der Waals surface area contributed by atoms with Crippen LogP contribution >= 0.6 is 0 Å². The minimum atomic E-state index is -0.0112. The number of carbonyl (C=O) groups is 2. The van der Waals surface area contributed by atoms with Crippen molar-refractivity contribution in [3.63, 3.8) is 0 Å². The summed E-state index contributed by atoms with van der Waals surface area (Å²) in [6.45, 7) is 2.52.